The van der Waals surface area contributed by atoms with E-state index in [2.05, 4.69) is 5.32 Å². The Bertz CT molecular complexity index is 451. The first-order valence-electron chi connectivity index (χ1n) is 6.85. The van der Waals surface area contributed by atoms with Gasteiger partial charge in [-0.1, -0.05) is 6.92 Å². The van der Waals surface area contributed by atoms with Gasteiger partial charge in [0, 0.05) is 11.6 Å². The lowest BCUT2D eigenvalue weighted by atomic mass is 10.1. The fourth-order valence-electron chi connectivity index (χ4n) is 1.88. The third-order valence-corrected chi connectivity index (χ3v) is 2.87. The SMILES string of the molecule is CCNC(C)c1cc(F)ccc1OC(C)C(=O)OCC. The maximum atomic E-state index is 13.4. The van der Waals surface area contributed by atoms with E-state index < -0.39 is 12.1 Å². The Hall–Kier alpha value is -1.62. The second-order valence-electron chi connectivity index (χ2n) is 4.47. The average molecular weight is 283 g/mol. The van der Waals surface area contributed by atoms with Crippen molar-refractivity contribution in [3.05, 3.63) is 29.6 Å². The molecule has 20 heavy (non-hydrogen) atoms. The van der Waals surface area contributed by atoms with Gasteiger partial charge >= 0.3 is 5.97 Å². The van der Waals surface area contributed by atoms with Crippen LogP contribution < -0.4 is 10.1 Å². The van der Waals surface area contributed by atoms with Crippen molar-refractivity contribution < 1.29 is 18.7 Å². The third-order valence-electron chi connectivity index (χ3n) is 2.87. The molecule has 1 N–H and O–H groups in total. The first kappa shape index (κ1) is 16.4. The van der Waals surface area contributed by atoms with Crippen LogP contribution in [0, 0.1) is 5.82 Å². The van der Waals surface area contributed by atoms with Crippen molar-refractivity contribution in [2.75, 3.05) is 13.2 Å². The van der Waals surface area contributed by atoms with Crippen LogP contribution in [0.1, 0.15) is 39.3 Å². The highest BCUT2D eigenvalue weighted by Crippen LogP contribution is 2.27. The van der Waals surface area contributed by atoms with E-state index in [1.807, 2.05) is 13.8 Å². The first-order chi connectivity index (χ1) is 9.49. The Labute approximate surface area is 119 Å². The van der Waals surface area contributed by atoms with E-state index in [1.54, 1.807) is 13.8 Å². The molecule has 0 fully saturated rings. The van der Waals surface area contributed by atoms with E-state index in [0.29, 0.717) is 17.9 Å². The number of hydrogen-bond donors (Lipinski definition) is 1. The van der Waals surface area contributed by atoms with Crippen LogP contribution in [0.15, 0.2) is 18.2 Å². The van der Waals surface area contributed by atoms with E-state index >= 15 is 0 Å². The quantitative estimate of drug-likeness (QED) is 0.782. The molecule has 0 bridgehead atoms. The number of carbonyl (C=O) groups is 1. The van der Waals surface area contributed by atoms with Crippen molar-refractivity contribution in [2.45, 2.75) is 39.8 Å². The molecule has 1 aromatic rings. The standard InChI is InChI=1S/C15H22FNO3/c1-5-17-10(3)13-9-12(16)7-8-14(13)20-11(4)15(18)19-6-2/h7-11,17H,5-6H2,1-4H3. The van der Waals surface area contributed by atoms with Crippen LogP contribution >= 0.6 is 0 Å². The molecule has 0 amide bonds. The largest absolute Gasteiger partial charge is 0.479 e. The van der Waals surface area contributed by atoms with Gasteiger partial charge in [0.2, 0.25) is 0 Å². The second kappa shape index (κ2) is 7.85. The zero-order valence-electron chi connectivity index (χ0n) is 12.4. The third kappa shape index (κ3) is 4.49. The molecule has 0 aromatic heterocycles. The van der Waals surface area contributed by atoms with E-state index in [9.17, 15) is 9.18 Å². The zero-order chi connectivity index (χ0) is 15.1. The van der Waals surface area contributed by atoms with Gasteiger partial charge in [0.05, 0.1) is 6.61 Å². The molecule has 1 rings (SSSR count). The van der Waals surface area contributed by atoms with Gasteiger partial charge in [-0.05, 0) is 45.5 Å². The van der Waals surface area contributed by atoms with Gasteiger partial charge in [0.25, 0.3) is 0 Å². The number of carbonyl (C=O) groups excluding carboxylic acids is 1. The van der Waals surface area contributed by atoms with Gasteiger partial charge < -0.3 is 14.8 Å². The predicted molar refractivity (Wildman–Crippen MR) is 75.2 cm³/mol. The minimum absolute atomic E-state index is 0.0694. The maximum absolute atomic E-state index is 13.4. The van der Waals surface area contributed by atoms with Crippen LogP contribution in [-0.2, 0) is 9.53 Å². The molecule has 0 aliphatic heterocycles. The van der Waals surface area contributed by atoms with Crippen LogP contribution in [0.5, 0.6) is 5.75 Å². The van der Waals surface area contributed by atoms with E-state index in [0.717, 1.165) is 6.54 Å². The molecule has 0 saturated heterocycles. The monoisotopic (exact) mass is 283 g/mol. The fraction of sp³-hybridized carbons (Fsp3) is 0.533. The summed E-state index contributed by atoms with van der Waals surface area (Å²) in [6.07, 6.45) is -0.729. The molecule has 4 nitrogen and oxygen atoms in total. The molecule has 1 aromatic carbocycles. The lowest BCUT2D eigenvalue weighted by molar-refractivity contribution is -0.150. The molecule has 0 aliphatic rings. The molecule has 0 saturated carbocycles. The summed E-state index contributed by atoms with van der Waals surface area (Å²) < 4.78 is 23.9. The smallest absolute Gasteiger partial charge is 0.347 e. The Morgan fingerprint density at radius 2 is 2.05 bits per heavy atom. The Morgan fingerprint density at radius 1 is 1.35 bits per heavy atom. The highest BCUT2D eigenvalue weighted by molar-refractivity contribution is 5.74. The number of hydrogen-bond acceptors (Lipinski definition) is 4. The lowest BCUT2D eigenvalue weighted by Crippen LogP contribution is -2.27. The number of halogens is 1. The molecule has 0 heterocycles. The minimum Gasteiger partial charge on any atom is -0.479 e. The number of nitrogens with one attached hydrogen (secondary N) is 1. The van der Waals surface area contributed by atoms with Crippen molar-refractivity contribution in [3.63, 3.8) is 0 Å². The zero-order valence-corrected chi connectivity index (χ0v) is 12.4. The molecule has 5 heteroatoms. The van der Waals surface area contributed by atoms with Gasteiger partial charge in [-0.25, -0.2) is 9.18 Å². The summed E-state index contributed by atoms with van der Waals surface area (Å²) >= 11 is 0. The Balaban J connectivity index is 2.91. The highest BCUT2D eigenvalue weighted by atomic mass is 19.1. The van der Waals surface area contributed by atoms with Crippen molar-refractivity contribution >= 4 is 5.97 Å². The average Bonchev–Trinajstić information content (AvgIpc) is 2.41. The minimum atomic E-state index is -0.729. The Morgan fingerprint density at radius 3 is 2.65 bits per heavy atom. The van der Waals surface area contributed by atoms with Gasteiger partial charge in [0.15, 0.2) is 6.10 Å². The molecular formula is C15H22FNO3. The normalized spacial score (nSPS) is 13.7. The molecular weight excluding hydrogens is 261 g/mol. The van der Waals surface area contributed by atoms with Gasteiger partial charge in [0.1, 0.15) is 11.6 Å². The number of benzene rings is 1. The molecule has 0 spiro atoms. The van der Waals surface area contributed by atoms with Gasteiger partial charge in [-0.2, -0.15) is 0 Å². The summed E-state index contributed by atoms with van der Waals surface area (Å²) in [5.41, 5.74) is 0.683. The van der Waals surface area contributed by atoms with Crippen molar-refractivity contribution in [3.8, 4) is 5.75 Å². The first-order valence-corrected chi connectivity index (χ1v) is 6.85. The molecule has 2 unspecified atom stereocenters. The number of esters is 1. The fourth-order valence-corrected chi connectivity index (χ4v) is 1.88. The van der Waals surface area contributed by atoms with E-state index in [4.69, 9.17) is 9.47 Å². The van der Waals surface area contributed by atoms with E-state index in [1.165, 1.54) is 18.2 Å². The van der Waals surface area contributed by atoms with Gasteiger partial charge in [-0.15, -0.1) is 0 Å². The molecule has 0 radical (unpaired) electrons. The van der Waals surface area contributed by atoms with Gasteiger partial charge in [-0.3, -0.25) is 0 Å². The van der Waals surface area contributed by atoms with E-state index in [-0.39, 0.29) is 11.9 Å². The molecule has 0 aliphatic carbocycles. The summed E-state index contributed by atoms with van der Waals surface area (Å²) in [5, 5.41) is 3.19. The summed E-state index contributed by atoms with van der Waals surface area (Å²) in [7, 11) is 0. The van der Waals surface area contributed by atoms with Crippen LogP contribution in [0.2, 0.25) is 0 Å². The van der Waals surface area contributed by atoms with Crippen molar-refractivity contribution in [2.24, 2.45) is 0 Å². The topological polar surface area (TPSA) is 47.6 Å². The van der Waals surface area contributed by atoms with Crippen LogP contribution in [-0.4, -0.2) is 25.2 Å². The lowest BCUT2D eigenvalue weighted by Gasteiger charge is -2.20. The van der Waals surface area contributed by atoms with Crippen molar-refractivity contribution in [1.29, 1.82) is 0 Å². The van der Waals surface area contributed by atoms with Crippen molar-refractivity contribution in [1.82, 2.24) is 5.32 Å². The predicted octanol–water partition coefficient (Wildman–Crippen LogP) is 2.83. The molecule has 112 valence electrons. The number of rotatable bonds is 7. The highest BCUT2D eigenvalue weighted by Gasteiger charge is 2.19. The summed E-state index contributed by atoms with van der Waals surface area (Å²) in [5.74, 6) is -0.278. The molecule has 2 atom stereocenters. The Kier molecular flexibility index (Phi) is 6.45. The maximum Gasteiger partial charge on any atom is 0.347 e. The summed E-state index contributed by atoms with van der Waals surface area (Å²) in [4.78, 5) is 11.6. The second-order valence-corrected chi connectivity index (χ2v) is 4.47. The number of ether oxygens (including phenoxy) is 2. The summed E-state index contributed by atoms with van der Waals surface area (Å²) in [6.45, 7) is 8.29. The van der Waals surface area contributed by atoms with Crippen LogP contribution in [0.3, 0.4) is 0 Å². The van der Waals surface area contributed by atoms with Crippen LogP contribution in [0.4, 0.5) is 4.39 Å². The summed E-state index contributed by atoms with van der Waals surface area (Å²) in [6, 6.07) is 4.20. The van der Waals surface area contributed by atoms with Crippen LogP contribution in [0.25, 0.3) is 0 Å².